The van der Waals surface area contributed by atoms with Crippen LogP contribution in [0.2, 0.25) is 0 Å². The predicted octanol–water partition coefficient (Wildman–Crippen LogP) is 3.62. The highest BCUT2D eigenvalue weighted by Gasteiger charge is 2.16. The van der Waals surface area contributed by atoms with Crippen LogP contribution in [0.15, 0.2) is 35.7 Å². The first-order valence-corrected chi connectivity index (χ1v) is 6.34. The van der Waals surface area contributed by atoms with Crippen molar-refractivity contribution in [1.29, 1.82) is 0 Å². The second-order valence-corrected chi connectivity index (χ2v) is 4.49. The number of alkyl halides is 1. The molecule has 0 aliphatic carbocycles. The largest absolute Gasteiger partial charge is 0.370 e. The monoisotopic (exact) mass is 253 g/mol. The highest BCUT2D eigenvalue weighted by atomic mass is 35.5. The quantitative estimate of drug-likeness (QED) is 0.777. The van der Waals surface area contributed by atoms with E-state index in [9.17, 15) is 0 Å². The molecule has 0 N–H and O–H groups in total. The van der Waals surface area contributed by atoms with Crippen LogP contribution in [-0.2, 0) is 10.6 Å². The fourth-order valence-electron chi connectivity index (χ4n) is 1.51. The van der Waals surface area contributed by atoms with E-state index in [0.717, 1.165) is 16.3 Å². The summed E-state index contributed by atoms with van der Waals surface area (Å²) in [6, 6.07) is 10.1. The number of nitrogens with zero attached hydrogens (tertiary/aromatic N) is 1. The number of halogens is 1. The Kier molecular flexibility index (Phi) is 3.93. The zero-order valence-corrected chi connectivity index (χ0v) is 10.5. The normalized spacial score (nSPS) is 12.6. The molecule has 0 fully saturated rings. The van der Waals surface area contributed by atoms with Gasteiger partial charge >= 0.3 is 0 Å². The number of hydrogen-bond acceptors (Lipinski definition) is 3. The molecule has 1 unspecified atom stereocenters. The Bertz CT molecular complexity index is 443. The Morgan fingerprint density at radius 3 is 2.69 bits per heavy atom. The van der Waals surface area contributed by atoms with Crippen molar-refractivity contribution < 1.29 is 4.74 Å². The number of thiazole rings is 1. The van der Waals surface area contributed by atoms with Crippen LogP contribution in [0.25, 0.3) is 0 Å². The minimum Gasteiger partial charge on any atom is -0.370 e. The molecule has 0 amide bonds. The Balaban J connectivity index is 2.29. The molecule has 1 aromatic carbocycles. The molecule has 1 atom stereocenters. The molecule has 0 aliphatic heterocycles. The first-order chi connectivity index (χ1) is 7.85. The first-order valence-electron chi connectivity index (χ1n) is 4.93. The van der Waals surface area contributed by atoms with Crippen molar-refractivity contribution in [3.05, 3.63) is 52.0 Å². The summed E-state index contributed by atoms with van der Waals surface area (Å²) in [5, 5.41) is 2.92. The molecule has 0 bridgehead atoms. The number of benzene rings is 1. The zero-order valence-electron chi connectivity index (χ0n) is 8.89. The average Bonchev–Trinajstić information content (AvgIpc) is 2.80. The van der Waals surface area contributed by atoms with Crippen molar-refractivity contribution in [1.82, 2.24) is 4.98 Å². The van der Waals surface area contributed by atoms with Crippen molar-refractivity contribution in [3.63, 3.8) is 0 Å². The van der Waals surface area contributed by atoms with E-state index in [1.165, 1.54) is 0 Å². The number of aromatic nitrogens is 1. The molecule has 84 valence electrons. The SMILES string of the molecule is COC(c1ccccc1)c1nc(CCl)cs1. The van der Waals surface area contributed by atoms with Crippen molar-refractivity contribution in [2.24, 2.45) is 0 Å². The predicted molar refractivity (Wildman–Crippen MR) is 67.0 cm³/mol. The Morgan fingerprint density at radius 2 is 2.12 bits per heavy atom. The minimum atomic E-state index is -0.0943. The fraction of sp³-hybridized carbons (Fsp3) is 0.250. The summed E-state index contributed by atoms with van der Waals surface area (Å²) in [4.78, 5) is 4.44. The molecule has 0 aliphatic rings. The van der Waals surface area contributed by atoms with Crippen LogP contribution in [0.5, 0.6) is 0 Å². The molecular formula is C12H12ClNOS. The van der Waals surface area contributed by atoms with Gasteiger partial charge in [0, 0.05) is 12.5 Å². The maximum Gasteiger partial charge on any atom is 0.134 e. The van der Waals surface area contributed by atoms with Gasteiger partial charge in [-0.05, 0) is 5.56 Å². The van der Waals surface area contributed by atoms with Crippen LogP contribution in [0, 0.1) is 0 Å². The van der Waals surface area contributed by atoms with Crippen LogP contribution in [0.1, 0.15) is 22.4 Å². The van der Waals surface area contributed by atoms with Gasteiger partial charge in [0.1, 0.15) is 11.1 Å². The molecule has 0 radical (unpaired) electrons. The summed E-state index contributed by atoms with van der Waals surface area (Å²) in [6.07, 6.45) is -0.0943. The molecule has 0 spiro atoms. The second kappa shape index (κ2) is 5.43. The van der Waals surface area contributed by atoms with Crippen molar-refractivity contribution in [3.8, 4) is 0 Å². The third-order valence-corrected chi connectivity index (χ3v) is 3.48. The summed E-state index contributed by atoms with van der Waals surface area (Å²) in [5.41, 5.74) is 2.01. The summed E-state index contributed by atoms with van der Waals surface area (Å²) >= 11 is 7.32. The van der Waals surface area contributed by atoms with Gasteiger partial charge in [-0.25, -0.2) is 4.98 Å². The average molecular weight is 254 g/mol. The van der Waals surface area contributed by atoms with Gasteiger partial charge in [0.15, 0.2) is 0 Å². The molecule has 1 aromatic heterocycles. The maximum absolute atomic E-state index is 5.74. The molecule has 16 heavy (non-hydrogen) atoms. The third kappa shape index (κ3) is 2.43. The molecular weight excluding hydrogens is 242 g/mol. The number of ether oxygens (including phenoxy) is 1. The Morgan fingerprint density at radius 1 is 1.38 bits per heavy atom. The topological polar surface area (TPSA) is 22.1 Å². The van der Waals surface area contributed by atoms with E-state index in [1.54, 1.807) is 18.4 Å². The van der Waals surface area contributed by atoms with Gasteiger partial charge in [0.05, 0.1) is 11.6 Å². The zero-order chi connectivity index (χ0) is 11.4. The van der Waals surface area contributed by atoms with Gasteiger partial charge in [0.25, 0.3) is 0 Å². The maximum atomic E-state index is 5.74. The molecule has 2 aromatic rings. The molecule has 2 rings (SSSR count). The van der Waals surface area contributed by atoms with Crippen molar-refractivity contribution >= 4 is 22.9 Å². The van der Waals surface area contributed by atoms with E-state index >= 15 is 0 Å². The van der Waals surface area contributed by atoms with Gasteiger partial charge in [-0.1, -0.05) is 30.3 Å². The number of hydrogen-bond donors (Lipinski definition) is 0. The van der Waals surface area contributed by atoms with E-state index < -0.39 is 0 Å². The van der Waals surface area contributed by atoms with Crippen molar-refractivity contribution in [2.75, 3.05) is 7.11 Å². The van der Waals surface area contributed by atoms with Gasteiger partial charge in [-0.3, -0.25) is 0 Å². The lowest BCUT2D eigenvalue weighted by molar-refractivity contribution is 0.136. The highest BCUT2D eigenvalue weighted by molar-refractivity contribution is 7.09. The number of methoxy groups -OCH3 is 1. The Labute approximate surface area is 104 Å². The lowest BCUT2D eigenvalue weighted by Crippen LogP contribution is -2.02. The fourth-order valence-corrected chi connectivity index (χ4v) is 2.66. The van der Waals surface area contributed by atoms with Gasteiger partial charge < -0.3 is 4.74 Å². The van der Waals surface area contributed by atoms with Gasteiger partial charge in [-0.15, -0.1) is 22.9 Å². The number of rotatable bonds is 4. The standard InChI is InChI=1S/C12H12ClNOS/c1-15-11(9-5-3-2-4-6-9)12-14-10(7-13)8-16-12/h2-6,8,11H,7H2,1H3. The third-order valence-electron chi connectivity index (χ3n) is 2.27. The minimum absolute atomic E-state index is 0.0943. The molecule has 2 nitrogen and oxygen atoms in total. The molecule has 1 heterocycles. The van der Waals surface area contributed by atoms with E-state index in [-0.39, 0.29) is 6.10 Å². The van der Waals surface area contributed by atoms with Crippen LogP contribution in [-0.4, -0.2) is 12.1 Å². The van der Waals surface area contributed by atoms with Gasteiger partial charge in [0.2, 0.25) is 0 Å². The van der Waals surface area contributed by atoms with E-state index in [0.29, 0.717) is 5.88 Å². The summed E-state index contributed by atoms with van der Waals surface area (Å²) in [6.45, 7) is 0. The molecule has 4 heteroatoms. The van der Waals surface area contributed by atoms with Crippen LogP contribution in [0.4, 0.5) is 0 Å². The second-order valence-electron chi connectivity index (χ2n) is 3.34. The summed E-state index contributed by atoms with van der Waals surface area (Å²) in [5.74, 6) is 0.446. The van der Waals surface area contributed by atoms with E-state index in [2.05, 4.69) is 4.98 Å². The highest BCUT2D eigenvalue weighted by Crippen LogP contribution is 2.28. The lowest BCUT2D eigenvalue weighted by Gasteiger charge is -2.12. The molecule has 0 saturated heterocycles. The van der Waals surface area contributed by atoms with Crippen LogP contribution < -0.4 is 0 Å². The van der Waals surface area contributed by atoms with Crippen molar-refractivity contribution in [2.45, 2.75) is 12.0 Å². The lowest BCUT2D eigenvalue weighted by atomic mass is 10.1. The smallest absolute Gasteiger partial charge is 0.134 e. The Hall–Kier alpha value is -0.900. The first kappa shape index (κ1) is 11.6. The molecule has 0 saturated carbocycles. The van der Waals surface area contributed by atoms with Gasteiger partial charge in [-0.2, -0.15) is 0 Å². The summed E-state index contributed by atoms with van der Waals surface area (Å²) in [7, 11) is 1.69. The van der Waals surface area contributed by atoms with E-state index in [4.69, 9.17) is 16.3 Å². The van der Waals surface area contributed by atoms with Crippen LogP contribution in [0.3, 0.4) is 0 Å². The summed E-state index contributed by atoms with van der Waals surface area (Å²) < 4.78 is 5.49. The van der Waals surface area contributed by atoms with E-state index in [1.807, 2.05) is 35.7 Å². The van der Waals surface area contributed by atoms with Crippen LogP contribution >= 0.6 is 22.9 Å².